The van der Waals surface area contributed by atoms with Crippen molar-refractivity contribution in [2.75, 3.05) is 44.2 Å². The van der Waals surface area contributed by atoms with Gasteiger partial charge in [-0.05, 0) is 43.3 Å². The van der Waals surface area contributed by atoms with Gasteiger partial charge in [-0.25, -0.2) is 0 Å². The van der Waals surface area contributed by atoms with Crippen LogP contribution in [-0.4, -0.2) is 60.8 Å². The lowest BCUT2D eigenvalue weighted by molar-refractivity contribution is -0.134. The van der Waals surface area contributed by atoms with Gasteiger partial charge >= 0.3 is 0 Å². The summed E-state index contributed by atoms with van der Waals surface area (Å²) >= 11 is 0. The first kappa shape index (κ1) is 22.9. The van der Waals surface area contributed by atoms with Gasteiger partial charge in [-0.2, -0.15) is 0 Å². The fraction of sp³-hybridized carbons (Fsp3) is 0.407. The molecule has 0 atom stereocenters. The van der Waals surface area contributed by atoms with E-state index in [1.807, 2.05) is 60.8 Å². The molecule has 0 saturated carbocycles. The number of anilines is 1. The number of benzene rings is 2. The predicted molar refractivity (Wildman–Crippen MR) is 131 cm³/mol. The molecular formula is C27H33N3O3. The Morgan fingerprint density at radius 1 is 0.879 bits per heavy atom. The van der Waals surface area contributed by atoms with E-state index in [9.17, 15) is 9.59 Å². The lowest BCUT2D eigenvalue weighted by Crippen LogP contribution is -2.44. The van der Waals surface area contributed by atoms with Crippen molar-refractivity contribution in [3.8, 4) is 11.5 Å². The van der Waals surface area contributed by atoms with Gasteiger partial charge in [0.2, 0.25) is 5.91 Å². The molecule has 1 amide bonds. The average Bonchev–Trinajstić information content (AvgIpc) is 3.04. The number of hydrogen-bond donors (Lipinski definition) is 0. The Balaban J connectivity index is 1.25. The van der Waals surface area contributed by atoms with Gasteiger partial charge in [0.25, 0.3) is 0 Å². The zero-order valence-electron chi connectivity index (χ0n) is 19.2. The Bertz CT molecular complexity index is 952. The van der Waals surface area contributed by atoms with Gasteiger partial charge in [0.1, 0.15) is 5.75 Å². The fourth-order valence-electron chi connectivity index (χ4n) is 4.35. The monoisotopic (exact) mass is 447 g/mol. The standard InChI is InChI=1S/C27H33N3O3/c31-23(22-30-17-8-2-5-15-27(30)32)10-9-16-28-18-20-29(21-19-28)25-13-6-7-14-26(25)33-24-11-3-1-4-12-24/h1,3-4,6-7,9,11-14,16H,2,5,8,10,15,17-22H2. The van der Waals surface area contributed by atoms with Crippen LogP contribution in [0.1, 0.15) is 32.1 Å². The van der Waals surface area contributed by atoms with E-state index in [1.54, 1.807) is 4.90 Å². The number of carbonyl (C=O) groups is 2. The number of amides is 1. The number of Topliss-reactive ketones (excluding diaryl/α,β-unsaturated/α-hetero) is 1. The summed E-state index contributed by atoms with van der Waals surface area (Å²) in [6.07, 6.45) is 7.94. The predicted octanol–water partition coefficient (Wildman–Crippen LogP) is 4.48. The van der Waals surface area contributed by atoms with E-state index in [2.05, 4.69) is 15.9 Å². The van der Waals surface area contributed by atoms with Crippen molar-refractivity contribution in [2.45, 2.75) is 32.1 Å². The number of ketones is 1. The summed E-state index contributed by atoms with van der Waals surface area (Å²) in [5, 5.41) is 0. The summed E-state index contributed by atoms with van der Waals surface area (Å²) in [6.45, 7) is 4.50. The summed E-state index contributed by atoms with van der Waals surface area (Å²) < 4.78 is 6.12. The van der Waals surface area contributed by atoms with Crippen molar-refractivity contribution >= 4 is 17.4 Å². The molecule has 0 radical (unpaired) electrons. The van der Waals surface area contributed by atoms with E-state index in [4.69, 9.17) is 4.74 Å². The summed E-state index contributed by atoms with van der Waals surface area (Å²) in [4.78, 5) is 30.8. The third-order valence-electron chi connectivity index (χ3n) is 6.19. The smallest absolute Gasteiger partial charge is 0.222 e. The average molecular weight is 448 g/mol. The maximum absolute atomic E-state index is 12.3. The highest BCUT2D eigenvalue weighted by Gasteiger charge is 2.20. The maximum Gasteiger partial charge on any atom is 0.222 e. The molecule has 0 aromatic heterocycles. The van der Waals surface area contributed by atoms with E-state index in [-0.39, 0.29) is 18.2 Å². The first-order valence-corrected chi connectivity index (χ1v) is 12.0. The summed E-state index contributed by atoms with van der Waals surface area (Å²) in [6, 6.07) is 18.0. The summed E-state index contributed by atoms with van der Waals surface area (Å²) in [5.74, 6) is 1.92. The molecule has 2 saturated heterocycles. The van der Waals surface area contributed by atoms with Crippen molar-refractivity contribution in [2.24, 2.45) is 0 Å². The Labute approximate surface area is 196 Å². The number of likely N-dealkylation sites (tertiary alicyclic amines) is 1. The summed E-state index contributed by atoms with van der Waals surface area (Å²) in [5.41, 5.74) is 1.10. The Kier molecular flexibility index (Phi) is 8.01. The number of nitrogens with zero attached hydrogens (tertiary/aromatic N) is 3. The van der Waals surface area contributed by atoms with Gasteiger partial charge in [0.15, 0.2) is 11.5 Å². The normalized spacial score (nSPS) is 17.3. The van der Waals surface area contributed by atoms with Gasteiger partial charge < -0.3 is 19.4 Å². The minimum atomic E-state index is 0.104. The van der Waals surface area contributed by atoms with Crippen LogP contribution < -0.4 is 9.64 Å². The van der Waals surface area contributed by atoms with Crippen LogP contribution in [0.5, 0.6) is 11.5 Å². The molecule has 2 aliphatic rings. The summed E-state index contributed by atoms with van der Waals surface area (Å²) in [7, 11) is 0. The highest BCUT2D eigenvalue weighted by molar-refractivity contribution is 5.87. The highest BCUT2D eigenvalue weighted by atomic mass is 16.5. The lowest BCUT2D eigenvalue weighted by atomic mass is 10.2. The largest absolute Gasteiger partial charge is 0.455 e. The molecule has 2 heterocycles. The number of piperazine rings is 1. The number of ether oxygens (including phenoxy) is 1. The number of carbonyl (C=O) groups excluding carboxylic acids is 2. The van der Waals surface area contributed by atoms with Gasteiger partial charge in [-0.15, -0.1) is 0 Å². The molecule has 33 heavy (non-hydrogen) atoms. The second-order valence-electron chi connectivity index (χ2n) is 8.66. The quantitative estimate of drug-likeness (QED) is 0.597. The zero-order valence-corrected chi connectivity index (χ0v) is 19.2. The molecular weight excluding hydrogens is 414 g/mol. The molecule has 0 unspecified atom stereocenters. The molecule has 2 aromatic carbocycles. The zero-order chi connectivity index (χ0) is 22.9. The number of hydrogen-bond acceptors (Lipinski definition) is 5. The second-order valence-corrected chi connectivity index (χ2v) is 8.66. The second kappa shape index (κ2) is 11.5. The topological polar surface area (TPSA) is 53.1 Å². The van der Waals surface area contributed by atoms with Crippen molar-refractivity contribution in [1.29, 1.82) is 0 Å². The number of allylic oxidation sites excluding steroid dienone is 1. The molecule has 0 N–H and O–H groups in total. The van der Waals surface area contributed by atoms with Crippen molar-refractivity contribution in [3.05, 3.63) is 66.9 Å². The van der Waals surface area contributed by atoms with Gasteiger partial charge in [-0.3, -0.25) is 9.59 Å². The maximum atomic E-state index is 12.3. The molecule has 0 bridgehead atoms. The molecule has 4 rings (SSSR count). The third-order valence-corrected chi connectivity index (χ3v) is 6.19. The van der Waals surface area contributed by atoms with Crippen molar-refractivity contribution in [3.63, 3.8) is 0 Å². The molecule has 2 aliphatic heterocycles. The molecule has 2 aromatic rings. The number of para-hydroxylation sites is 3. The lowest BCUT2D eigenvalue weighted by Gasteiger charge is -2.36. The Morgan fingerprint density at radius 2 is 1.64 bits per heavy atom. The van der Waals surface area contributed by atoms with Gasteiger partial charge in [0, 0.05) is 45.6 Å². The Hall–Kier alpha value is -3.28. The molecule has 6 nitrogen and oxygen atoms in total. The number of rotatable bonds is 8. The van der Waals surface area contributed by atoms with Gasteiger partial charge in [-0.1, -0.05) is 42.8 Å². The van der Waals surface area contributed by atoms with Crippen LogP contribution in [-0.2, 0) is 9.59 Å². The molecule has 0 spiro atoms. The first-order valence-electron chi connectivity index (χ1n) is 12.0. The minimum Gasteiger partial charge on any atom is -0.455 e. The van der Waals surface area contributed by atoms with Crippen LogP contribution in [0.2, 0.25) is 0 Å². The van der Waals surface area contributed by atoms with E-state index in [0.717, 1.165) is 62.6 Å². The fourth-order valence-corrected chi connectivity index (χ4v) is 4.35. The van der Waals surface area contributed by atoms with Crippen molar-refractivity contribution < 1.29 is 14.3 Å². The molecule has 0 aliphatic carbocycles. The van der Waals surface area contributed by atoms with Crippen LogP contribution in [0.3, 0.4) is 0 Å². The third kappa shape index (κ3) is 6.60. The van der Waals surface area contributed by atoms with Crippen LogP contribution in [0, 0.1) is 0 Å². The van der Waals surface area contributed by atoms with E-state index >= 15 is 0 Å². The van der Waals surface area contributed by atoms with Gasteiger partial charge in [0.05, 0.1) is 12.2 Å². The molecule has 174 valence electrons. The highest BCUT2D eigenvalue weighted by Crippen LogP contribution is 2.32. The van der Waals surface area contributed by atoms with E-state index in [0.29, 0.717) is 19.4 Å². The molecule has 2 fully saturated rings. The van der Waals surface area contributed by atoms with Crippen LogP contribution in [0.4, 0.5) is 5.69 Å². The van der Waals surface area contributed by atoms with E-state index < -0.39 is 0 Å². The van der Waals surface area contributed by atoms with Crippen LogP contribution >= 0.6 is 0 Å². The Morgan fingerprint density at radius 3 is 2.45 bits per heavy atom. The first-order chi connectivity index (χ1) is 16.2. The van der Waals surface area contributed by atoms with Crippen LogP contribution in [0.25, 0.3) is 0 Å². The minimum absolute atomic E-state index is 0.104. The SMILES string of the molecule is O=C(CC=CN1CCN(c2ccccc2Oc2ccccc2)CC1)CN1CCCCCC1=O. The van der Waals surface area contributed by atoms with Crippen LogP contribution in [0.15, 0.2) is 66.9 Å². The molecule has 6 heteroatoms. The van der Waals surface area contributed by atoms with E-state index in [1.165, 1.54) is 0 Å². The van der Waals surface area contributed by atoms with Crippen molar-refractivity contribution in [1.82, 2.24) is 9.80 Å².